The van der Waals surface area contributed by atoms with Crippen LogP contribution in [-0.4, -0.2) is 31.3 Å². The smallest absolute Gasteiger partial charge is 0.337 e. The monoisotopic (exact) mass is 311 g/mol. The lowest BCUT2D eigenvalue weighted by Gasteiger charge is -2.01. The number of esters is 1. The number of carbonyl (C=O) groups excluding carboxylic acids is 1. The van der Waals surface area contributed by atoms with Crippen LogP contribution in [0.15, 0.2) is 40.8 Å². The Hall–Kier alpha value is -1.82. The van der Waals surface area contributed by atoms with Crippen LogP contribution < -0.4 is 5.32 Å². The molecule has 0 aliphatic heterocycles. The van der Waals surface area contributed by atoms with Gasteiger partial charge < -0.3 is 19.6 Å². The number of methoxy groups -OCH3 is 1. The summed E-state index contributed by atoms with van der Waals surface area (Å²) in [6, 6.07) is 10.8. The van der Waals surface area contributed by atoms with Crippen LogP contribution in [0.25, 0.3) is 11.3 Å². The molecule has 1 aromatic carbocycles. The molecule has 0 bridgehead atoms. The van der Waals surface area contributed by atoms with E-state index < -0.39 is 0 Å². The summed E-state index contributed by atoms with van der Waals surface area (Å²) < 4.78 is 10.3. The van der Waals surface area contributed by atoms with Gasteiger partial charge in [0.05, 0.1) is 25.8 Å². The molecule has 0 atom stereocenters. The molecule has 1 heterocycles. The average Bonchev–Trinajstić information content (AvgIpc) is 2.96. The largest absolute Gasteiger partial charge is 0.465 e. The Morgan fingerprint density at radius 2 is 1.95 bits per heavy atom. The molecule has 2 rings (SSSR count). The van der Waals surface area contributed by atoms with E-state index in [0.717, 1.165) is 17.1 Å². The summed E-state index contributed by atoms with van der Waals surface area (Å²) in [6.45, 7) is 1.20. The maximum Gasteiger partial charge on any atom is 0.337 e. The maximum absolute atomic E-state index is 11.3. The fourth-order valence-electron chi connectivity index (χ4n) is 1.81. The van der Waals surface area contributed by atoms with Crippen molar-refractivity contribution in [3.8, 4) is 11.3 Å². The van der Waals surface area contributed by atoms with Crippen LogP contribution in [0.1, 0.15) is 16.1 Å². The van der Waals surface area contributed by atoms with Gasteiger partial charge in [-0.1, -0.05) is 12.1 Å². The van der Waals surface area contributed by atoms with E-state index in [9.17, 15) is 4.79 Å². The van der Waals surface area contributed by atoms with Gasteiger partial charge >= 0.3 is 5.97 Å². The summed E-state index contributed by atoms with van der Waals surface area (Å²) in [5.74, 6) is 1.18. The highest BCUT2D eigenvalue weighted by molar-refractivity contribution is 5.89. The van der Waals surface area contributed by atoms with Gasteiger partial charge in [0.1, 0.15) is 11.5 Å². The molecule has 5 nitrogen and oxygen atoms in total. The van der Waals surface area contributed by atoms with Crippen LogP contribution in [0.3, 0.4) is 0 Å². The zero-order valence-electron chi connectivity index (χ0n) is 11.7. The van der Waals surface area contributed by atoms with Gasteiger partial charge in [-0.25, -0.2) is 4.79 Å². The van der Waals surface area contributed by atoms with Crippen molar-refractivity contribution in [2.45, 2.75) is 6.54 Å². The third kappa shape index (κ3) is 4.60. The highest BCUT2D eigenvalue weighted by Crippen LogP contribution is 2.22. The Balaban J connectivity index is 0.00000220. The molecule has 0 spiro atoms. The van der Waals surface area contributed by atoms with Crippen molar-refractivity contribution >= 4 is 18.4 Å². The first kappa shape index (κ1) is 17.2. The predicted molar refractivity (Wildman–Crippen MR) is 81.5 cm³/mol. The first-order chi connectivity index (χ1) is 9.74. The van der Waals surface area contributed by atoms with Gasteiger partial charge in [-0.2, -0.15) is 0 Å². The standard InChI is InChI=1S/C15H17NO4.ClH/c1-19-15(18)12-4-2-11(3-5-12)14-7-6-13(20-14)10-16-8-9-17;/h2-7,16-17H,8-10H2,1H3;1H. The number of hydrogen-bond donors (Lipinski definition) is 2. The van der Waals surface area contributed by atoms with Crippen LogP contribution in [0.2, 0.25) is 0 Å². The van der Waals surface area contributed by atoms with Gasteiger partial charge in [-0.15, -0.1) is 12.4 Å². The summed E-state index contributed by atoms with van der Waals surface area (Å²) in [4.78, 5) is 11.3. The number of benzene rings is 1. The molecule has 0 saturated carbocycles. The average molecular weight is 312 g/mol. The topological polar surface area (TPSA) is 71.7 Å². The van der Waals surface area contributed by atoms with Crippen molar-refractivity contribution in [1.82, 2.24) is 5.32 Å². The van der Waals surface area contributed by atoms with E-state index in [1.807, 2.05) is 24.3 Å². The van der Waals surface area contributed by atoms with E-state index in [0.29, 0.717) is 18.7 Å². The van der Waals surface area contributed by atoms with Gasteiger partial charge in [-0.05, 0) is 24.3 Å². The third-order valence-electron chi connectivity index (χ3n) is 2.84. The van der Waals surface area contributed by atoms with Crippen molar-refractivity contribution in [2.24, 2.45) is 0 Å². The minimum Gasteiger partial charge on any atom is -0.465 e. The number of nitrogens with one attached hydrogen (secondary N) is 1. The summed E-state index contributed by atoms with van der Waals surface area (Å²) in [7, 11) is 1.36. The molecule has 0 fully saturated rings. The Bertz CT molecular complexity index is 565. The molecular formula is C15H18ClNO4. The number of aliphatic hydroxyl groups is 1. The van der Waals surface area contributed by atoms with E-state index in [2.05, 4.69) is 10.1 Å². The first-order valence-electron chi connectivity index (χ1n) is 6.33. The van der Waals surface area contributed by atoms with Gasteiger partial charge in [0.2, 0.25) is 0 Å². The van der Waals surface area contributed by atoms with Crippen molar-refractivity contribution < 1.29 is 19.1 Å². The number of hydrogen-bond acceptors (Lipinski definition) is 5. The lowest BCUT2D eigenvalue weighted by molar-refractivity contribution is 0.0600. The fourth-order valence-corrected chi connectivity index (χ4v) is 1.81. The molecule has 6 heteroatoms. The molecule has 114 valence electrons. The molecule has 0 aliphatic carbocycles. The number of aliphatic hydroxyl groups excluding tert-OH is 1. The summed E-state index contributed by atoms with van der Waals surface area (Å²) in [5, 5.41) is 11.7. The van der Waals surface area contributed by atoms with Gasteiger partial charge in [0, 0.05) is 12.1 Å². The molecular weight excluding hydrogens is 294 g/mol. The quantitative estimate of drug-likeness (QED) is 0.632. The Morgan fingerprint density at radius 3 is 2.57 bits per heavy atom. The van der Waals surface area contributed by atoms with Crippen LogP contribution >= 0.6 is 12.4 Å². The third-order valence-corrected chi connectivity index (χ3v) is 2.84. The Morgan fingerprint density at radius 1 is 1.24 bits per heavy atom. The zero-order chi connectivity index (χ0) is 14.4. The molecule has 2 N–H and O–H groups in total. The van der Waals surface area contributed by atoms with Gasteiger partial charge in [-0.3, -0.25) is 0 Å². The van der Waals surface area contributed by atoms with E-state index in [-0.39, 0.29) is 25.0 Å². The highest BCUT2D eigenvalue weighted by atomic mass is 35.5. The molecule has 0 radical (unpaired) electrons. The second kappa shape index (κ2) is 8.46. The molecule has 0 aliphatic rings. The lowest BCUT2D eigenvalue weighted by Crippen LogP contribution is -2.16. The number of halogens is 1. The van der Waals surface area contributed by atoms with E-state index in [1.165, 1.54) is 7.11 Å². The minimum atomic E-state index is -0.357. The van der Waals surface area contributed by atoms with Crippen LogP contribution in [-0.2, 0) is 11.3 Å². The van der Waals surface area contributed by atoms with Crippen LogP contribution in [0.4, 0.5) is 0 Å². The van der Waals surface area contributed by atoms with Crippen molar-refractivity contribution in [1.29, 1.82) is 0 Å². The number of carbonyl (C=O) groups is 1. The summed E-state index contributed by atoms with van der Waals surface area (Å²) in [6.07, 6.45) is 0. The van der Waals surface area contributed by atoms with Gasteiger partial charge in [0.25, 0.3) is 0 Å². The summed E-state index contributed by atoms with van der Waals surface area (Å²) >= 11 is 0. The summed E-state index contributed by atoms with van der Waals surface area (Å²) in [5.41, 5.74) is 1.40. The number of ether oxygens (including phenoxy) is 1. The molecule has 0 saturated heterocycles. The van der Waals surface area contributed by atoms with Crippen LogP contribution in [0, 0.1) is 0 Å². The molecule has 2 aromatic rings. The number of furan rings is 1. The van der Waals surface area contributed by atoms with E-state index in [1.54, 1.807) is 12.1 Å². The molecule has 0 amide bonds. The Kier molecular flexibility index (Phi) is 6.94. The van der Waals surface area contributed by atoms with Crippen LogP contribution in [0.5, 0.6) is 0 Å². The molecule has 1 aromatic heterocycles. The number of rotatable bonds is 6. The highest BCUT2D eigenvalue weighted by Gasteiger charge is 2.08. The van der Waals surface area contributed by atoms with Gasteiger partial charge in [0.15, 0.2) is 0 Å². The SMILES string of the molecule is COC(=O)c1ccc(-c2ccc(CNCCO)o2)cc1.Cl. The van der Waals surface area contributed by atoms with Crippen molar-refractivity contribution in [2.75, 3.05) is 20.3 Å². The normalized spacial score (nSPS) is 10.0. The first-order valence-corrected chi connectivity index (χ1v) is 6.33. The van der Waals surface area contributed by atoms with Crippen molar-refractivity contribution in [3.05, 3.63) is 47.7 Å². The maximum atomic E-state index is 11.3. The van der Waals surface area contributed by atoms with E-state index in [4.69, 9.17) is 9.52 Å². The molecule has 0 unspecified atom stereocenters. The minimum absolute atomic E-state index is 0. The predicted octanol–water partition coefficient (Wildman–Crippen LogP) is 2.24. The van der Waals surface area contributed by atoms with E-state index >= 15 is 0 Å². The fraction of sp³-hybridized carbons (Fsp3) is 0.267. The molecule has 21 heavy (non-hydrogen) atoms. The lowest BCUT2D eigenvalue weighted by atomic mass is 10.1. The second-order valence-electron chi connectivity index (χ2n) is 4.24. The Labute approximate surface area is 129 Å². The second-order valence-corrected chi connectivity index (χ2v) is 4.24. The zero-order valence-corrected chi connectivity index (χ0v) is 12.5. The van der Waals surface area contributed by atoms with Crippen molar-refractivity contribution in [3.63, 3.8) is 0 Å².